The van der Waals surface area contributed by atoms with Crippen LogP contribution in [0.15, 0.2) is 18.2 Å². The number of nitrogens with zero attached hydrogens (tertiary/aromatic N) is 1. The number of benzene rings is 1. The molecular weight excluding hydrogens is 233 g/mol. The highest BCUT2D eigenvalue weighted by Crippen LogP contribution is 2.28. The van der Waals surface area contributed by atoms with Crippen molar-refractivity contribution in [3.8, 4) is 0 Å². The first-order valence-corrected chi connectivity index (χ1v) is 5.30. The molecule has 0 radical (unpaired) electrons. The Balaban J connectivity index is 2.14. The molecule has 0 aromatic heterocycles. The van der Waals surface area contributed by atoms with Gasteiger partial charge in [-0.05, 0) is 17.7 Å². The van der Waals surface area contributed by atoms with E-state index in [4.69, 9.17) is 10.6 Å². The predicted octanol–water partition coefficient (Wildman–Crippen LogP) is 1.55. The van der Waals surface area contributed by atoms with Gasteiger partial charge in [0.15, 0.2) is 11.6 Å². The van der Waals surface area contributed by atoms with Crippen LogP contribution in [0.4, 0.5) is 13.2 Å². The Morgan fingerprint density at radius 2 is 2.12 bits per heavy atom. The molecule has 2 atom stereocenters. The molecule has 1 aliphatic heterocycles. The van der Waals surface area contributed by atoms with Crippen molar-refractivity contribution in [1.82, 2.24) is 5.06 Å². The lowest BCUT2D eigenvalue weighted by molar-refractivity contribution is -0.149. The van der Waals surface area contributed by atoms with Crippen LogP contribution in [0.3, 0.4) is 0 Å². The smallest absolute Gasteiger partial charge is 0.159 e. The molecule has 1 aromatic carbocycles. The average molecular weight is 246 g/mol. The van der Waals surface area contributed by atoms with Gasteiger partial charge in [-0.1, -0.05) is 6.07 Å². The van der Waals surface area contributed by atoms with Crippen LogP contribution in [0.2, 0.25) is 0 Å². The summed E-state index contributed by atoms with van der Waals surface area (Å²) in [4.78, 5) is 5.37. The fourth-order valence-corrected chi connectivity index (χ4v) is 1.85. The van der Waals surface area contributed by atoms with E-state index in [0.717, 1.165) is 12.1 Å². The van der Waals surface area contributed by atoms with E-state index >= 15 is 0 Å². The quantitative estimate of drug-likeness (QED) is 0.879. The minimum atomic E-state index is -0.942. The molecule has 2 N–H and O–H groups in total. The summed E-state index contributed by atoms with van der Waals surface area (Å²) in [5.74, 6) is -1.86. The van der Waals surface area contributed by atoms with Crippen molar-refractivity contribution in [2.24, 2.45) is 5.73 Å². The van der Waals surface area contributed by atoms with Crippen molar-refractivity contribution >= 4 is 0 Å². The molecule has 94 valence electrons. The molecule has 1 saturated heterocycles. The molecule has 0 aliphatic carbocycles. The zero-order chi connectivity index (χ0) is 12.4. The molecule has 0 saturated carbocycles. The second kappa shape index (κ2) is 5.03. The summed E-state index contributed by atoms with van der Waals surface area (Å²) in [6, 6.07) is 3.12. The Bertz CT molecular complexity index is 402. The van der Waals surface area contributed by atoms with Crippen LogP contribution < -0.4 is 5.73 Å². The van der Waals surface area contributed by atoms with Gasteiger partial charge >= 0.3 is 0 Å². The lowest BCUT2D eigenvalue weighted by Crippen LogP contribution is -2.29. The fourth-order valence-electron chi connectivity index (χ4n) is 1.85. The second-order valence-electron chi connectivity index (χ2n) is 3.94. The van der Waals surface area contributed by atoms with Crippen molar-refractivity contribution < 1.29 is 18.0 Å². The van der Waals surface area contributed by atoms with E-state index in [1.54, 1.807) is 0 Å². The van der Waals surface area contributed by atoms with Gasteiger partial charge in [-0.25, -0.2) is 13.2 Å². The zero-order valence-electron chi connectivity index (χ0n) is 9.07. The van der Waals surface area contributed by atoms with Gasteiger partial charge in [0.05, 0.1) is 12.6 Å². The second-order valence-corrected chi connectivity index (χ2v) is 3.94. The van der Waals surface area contributed by atoms with E-state index in [1.807, 2.05) is 0 Å². The average Bonchev–Trinajstić information content (AvgIpc) is 2.64. The number of hydrogen-bond donors (Lipinski definition) is 1. The summed E-state index contributed by atoms with van der Waals surface area (Å²) in [6.07, 6.45) is -0.559. The van der Waals surface area contributed by atoms with Gasteiger partial charge in [-0.2, -0.15) is 5.06 Å². The topological polar surface area (TPSA) is 38.5 Å². The summed E-state index contributed by atoms with van der Waals surface area (Å²) >= 11 is 0. The molecule has 0 unspecified atom stereocenters. The molecule has 2 rings (SSSR count). The van der Waals surface area contributed by atoms with Crippen LogP contribution in [0, 0.1) is 11.6 Å². The Morgan fingerprint density at radius 1 is 1.35 bits per heavy atom. The van der Waals surface area contributed by atoms with Gasteiger partial charge in [-0.15, -0.1) is 0 Å². The van der Waals surface area contributed by atoms with Crippen molar-refractivity contribution in [3.63, 3.8) is 0 Å². The van der Waals surface area contributed by atoms with Gasteiger partial charge < -0.3 is 5.73 Å². The monoisotopic (exact) mass is 246 g/mol. The van der Waals surface area contributed by atoms with E-state index in [9.17, 15) is 13.2 Å². The summed E-state index contributed by atoms with van der Waals surface area (Å²) in [7, 11) is 0. The van der Waals surface area contributed by atoms with Gasteiger partial charge in [0.1, 0.15) is 12.8 Å². The van der Waals surface area contributed by atoms with Crippen LogP contribution in [-0.2, 0) is 4.84 Å². The number of halogens is 3. The summed E-state index contributed by atoms with van der Waals surface area (Å²) < 4.78 is 38.0. The first-order chi connectivity index (χ1) is 8.11. The molecule has 1 aliphatic rings. The van der Waals surface area contributed by atoms with Gasteiger partial charge in [0.2, 0.25) is 0 Å². The molecule has 0 spiro atoms. The van der Waals surface area contributed by atoms with Gasteiger partial charge in [-0.3, -0.25) is 4.84 Å². The fraction of sp³-hybridized carbons (Fsp3) is 0.455. The van der Waals surface area contributed by atoms with Crippen molar-refractivity contribution in [2.75, 3.05) is 19.8 Å². The maximum atomic E-state index is 13.1. The molecule has 3 nitrogen and oxygen atoms in total. The molecular formula is C11H13F3N2O. The third-order valence-corrected chi connectivity index (χ3v) is 2.67. The van der Waals surface area contributed by atoms with E-state index in [-0.39, 0.29) is 12.6 Å². The molecule has 1 aromatic rings. The first-order valence-electron chi connectivity index (χ1n) is 5.30. The largest absolute Gasteiger partial charge is 0.324 e. The van der Waals surface area contributed by atoms with Crippen LogP contribution >= 0.6 is 0 Å². The Kier molecular flexibility index (Phi) is 3.66. The third-order valence-electron chi connectivity index (χ3n) is 2.67. The molecule has 1 fully saturated rings. The maximum absolute atomic E-state index is 13.1. The van der Waals surface area contributed by atoms with E-state index < -0.39 is 24.4 Å². The number of alkyl halides is 1. The number of hydrogen-bond acceptors (Lipinski definition) is 3. The molecule has 1 heterocycles. The first kappa shape index (κ1) is 12.3. The molecule has 6 heteroatoms. The van der Waals surface area contributed by atoms with Gasteiger partial charge in [0, 0.05) is 6.54 Å². The molecule has 17 heavy (non-hydrogen) atoms. The zero-order valence-corrected chi connectivity index (χ0v) is 9.07. The number of nitrogens with two attached hydrogens (primary N) is 1. The Labute approximate surface area is 96.9 Å². The van der Waals surface area contributed by atoms with Crippen LogP contribution in [0.1, 0.15) is 11.7 Å². The van der Waals surface area contributed by atoms with Gasteiger partial charge in [0.25, 0.3) is 0 Å². The molecule has 0 bridgehead atoms. The summed E-state index contributed by atoms with van der Waals surface area (Å²) in [5, 5.41) is 1.40. The minimum absolute atomic E-state index is 0.119. The predicted molar refractivity (Wildman–Crippen MR) is 55.7 cm³/mol. The highest BCUT2D eigenvalue weighted by atomic mass is 19.2. The third kappa shape index (κ3) is 2.59. The molecule has 0 amide bonds. The van der Waals surface area contributed by atoms with Crippen molar-refractivity contribution in [2.45, 2.75) is 12.1 Å². The normalized spacial score (nSPS) is 25.4. The van der Waals surface area contributed by atoms with Crippen LogP contribution in [0.5, 0.6) is 0 Å². The number of hydroxylamine groups is 2. The van der Waals surface area contributed by atoms with E-state index in [0.29, 0.717) is 12.1 Å². The lowest BCUT2D eigenvalue weighted by Gasteiger charge is -2.15. The van der Waals surface area contributed by atoms with E-state index in [2.05, 4.69) is 0 Å². The Hall–Kier alpha value is -1.11. The lowest BCUT2D eigenvalue weighted by atomic mass is 10.0. The van der Waals surface area contributed by atoms with Crippen molar-refractivity contribution in [1.29, 1.82) is 0 Å². The number of rotatable bonds is 3. The highest BCUT2D eigenvalue weighted by molar-refractivity contribution is 5.22. The van der Waals surface area contributed by atoms with Crippen LogP contribution in [0.25, 0.3) is 0 Å². The highest BCUT2D eigenvalue weighted by Gasteiger charge is 2.32. The van der Waals surface area contributed by atoms with Crippen molar-refractivity contribution in [3.05, 3.63) is 35.4 Å². The van der Waals surface area contributed by atoms with Crippen LogP contribution in [-0.4, -0.2) is 30.9 Å². The summed E-state index contributed by atoms with van der Waals surface area (Å²) in [6.45, 7) is -0.0569. The minimum Gasteiger partial charge on any atom is -0.324 e. The maximum Gasteiger partial charge on any atom is 0.159 e. The summed E-state index contributed by atoms with van der Waals surface area (Å²) in [5.41, 5.74) is 6.27. The SMILES string of the molecule is N[C@@H]1CN(CCF)O[C@H]1c1ccc(F)c(F)c1. The Morgan fingerprint density at radius 3 is 2.76 bits per heavy atom. The van der Waals surface area contributed by atoms with E-state index in [1.165, 1.54) is 11.1 Å². The standard InChI is InChI=1S/C11H13F3N2O/c12-3-4-16-6-10(15)11(17-16)7-1-2-8(13)9(14)5-7/h1-2,5,10-11H,3-4,6,15H2/t10-,11+/m1/s1.